The Morgan fingerprint density at radius 3 is 1.57 bits per heavy atom. The van der Waals surface area contributed by atoms with Crippen LogP contribution in [0.25, 0.3) is 0 Å². The predicted molar refractivity (Wildman–Crippen MR) is 105 cm³/mol. The molecule has 0 spiro atoms. The van der Waals surface area contributed by atoms with Gasteiger partial charge in [-0.3, -0.25) is 4.90 Å². The van der Waals surface area contributed by atoms with E-state index in [1.165, 1.54) is 25.7 Å². The van der Waals surface area contributed by atoms with E-state index in [1.54, 1.807) is 0 Å². The lowest BCUT2D eigenvalue weighted by molar-refractivity contribution is -0.0629. The Balaban J connectivity index is 5.96. The first-order chi connectivity index (χ1) is 10.9. The molecule has 0 heterocycles. The summed E-state index contributed by atoms with van der Waals surface area (Å²) in [4.78, 5) is 2.86. The number of rotatable bonds is 13. The van der Waals surface area contributed by atoms with Gasteiger partial charge in [0.05, 0.1) is 0 Å². The van der Waals surface area contributed by atoms with Crippen molar-refractivity contribution in [2.45, 2.75) is 98.7 Å². The third-order valence-electron chi connectivity index (χ3n) is 6.27. The molecule has 0 saturated carbocycles. The van der Waals surface area contributed by atoms with Crippen LogP contribution in [0.1, 0.15) is 81.1 Å². The van der Waals surface area contributed by atoms with Crippen molar-refractivity contribution in [3.63, 3.8) is 0 Å². The summed E-state index contributed by atoms with van der Waals surface area (Å²) in [5.74, 6) is 1.32. The highest BCUT2D eigenvalue weighted by Gasteiger charge is 2.47. The fourth-order valence-electron chi connectivity index (χ4n) is 4.18. The Kier molecular flexibility index (Phi) is 11.4. The summed E-state index contributed by atoms with van der Waals surface area (Å²) in [6.07, 6.45) is 4.85. The minimum absolute atomic E-state index is 0.198. The zero-order valence-corrected chi connectivity index (χ0v) is 17.3. The highest BCUT2D eigenvalue weighted by molar-refractivity contribution is 5.03. The topological polar surface area (TPSA) is 41.3 Å². The molecule has 0 aromatic carbocycles. The molecule has 0 rings (SSSR count). The van der Waals surface area contributed by atoms with E-state index in [0.29, 0.717) is 30.5 Å². The normalized spacial score (nSPS) is 20.1. The van der Waals surface area contributed by atoms with Crippen molar-refractivity contribution < 1.29 is 0 Å². The Labute approximate surface area is 146 Å². The van der Waals surface area contributed by atoms with E-state index < -0.39 is 0 Å². The monoisotopic (exact) mass is 327 g/mol. The summed E-state index contributed by atoms with van der Waals surface area (Å²) in [5.41, 5.74) is 5.94. The molecule has 0 aromatic heterocycles. The summed E-state index contributed by atoms with van der Waals surface area (Å²) in [6.45, 7) is 21.7. The molecule has 3 nitrogen and oxygen atoms in total. The van der Waals surface area contributed by atoms with E-state index in [-0.39, 0.29) is 5.54 Å². The second-order valence-corrected chi connectivity index (χ2v) is 7.50. The standard InChI is InChI=1S/C20H45N3/c1-9-16(5)20(17(6)10-2,15-22-14-13-21)23(18(7)11-3)19(8)12-4/h16-19,22H,9-15,21H2,1-8H3. The van der Waals surface area contributed by atoms with Crippen molar-refractivity contribution in [1.82, 2.24) is 10.2 Å². The van der Waals surface area contributed by atoms with Gasteiger partial charge in [0.2, 0.25) is 0 Å². The molecule has 4 unspecified atom stereocenters. The van der Waals surface area contributed by atoms with Crippen LogP contribution in [0.4, 0.5) is 0 Å². The van der Waals surface area contributed by atoms with Gasteiger partial charge in [0.15, 0.2) is 0 Å². The van der Waals surface area contributed by atoms with Crippen LogP contribution in [0.5, 0.6) is 0 Å². The molecular formula is C20H45N3. The minimum atomic E-state index is 0.198. The molecule has 0 saturated heterocycles. The van der Waals surface area contributed by atoms with Crippen molar-refractivity contribution >= 4 is 0 Å². The number of nitrogens with one attached hydrogen (secondary N) is 1. The molecule has 140 valence electrons. The smallest absolute Gasteiger partial charge is 0.0390 e. The SMILES string of the molecule is CCC(C)N(C(C)CC)C(CNCCN)(C(C)CC)C(C)CC. The lowest BCUT2D eigenvalue weighted by Gasteiger charge is -2.56. The van der Waals surface area contributed by atoms with Gasteiger partial charge in [-0.15, -0.1) is 0 Å². The Hall–Kier alpha value is -0.120. The molecule has 0 radical (unpaired) electrons. The van der Waals surface area contributed by atoms with Crippen LogP contribution in [0.15, 0.2) is 0 Å². The van der Waals surface area contributed by atoms with Gasteiger partial charge in [0.25, 0.3) is 0 Å². The van der Waals surface area contributed by atoms with Gasteiger partial charge in [0.1, 0.15) is 0 Å². The summed E-state index contributed by atoms with van der Waals surface area (Å²) >= 11 is 0. The quantitative estimate of drug-likeness (QED) is 0.497. The second kappa shape index (κ2) is 11.4. The first kappa shape index (κ1) is 22.9. The first-order valence-corrected chi connectivity index (χ1v) is 10.1. The molecule has 0 aliphatic heterocycles. The highest BCUT2D eigenvalue weighted by Crippen LogP contribution is 2.40. The van der Waals surface area contributed by atoms with Crippen molar-refractivity contribution in [1.29, 1.82) is 0 Å². The first-order valence-electron chi connectivity index (χ1n) is 10.1. The van der Waals surface area contributed by atoms with E-state index in [4.69, 9.17) is 5.73 Å². The average Bonchev–Trinajstić information content (AvgIpc) is 2.58. The molecule has 3 heteroatoms. The van der Waals surface area contributed by atoms with E-state index >= 15 is 0 Å². The molecule has 0 bridgehead atoms. The third-order valence-corrected chi connectivity index (χ3v) is 6.27. The number of hydrogen-bond acceptors (Lipinski definition) is 3. The molecule has 0 aliphatic rings. The molecule has 0 aromatic rings. The molecule has 3 N–H and O–H groups in total. The average molecular weight is 328 g/mol. The number of hydrogen-bond donors (Lipinski definition) is 2. The number of nitrogens with zero attached hydrogens (tertiary/aromatic N) is 1. The molecule has 0 amide bonds. The molecule has 0 fully saturated rings. The highest BCUT2D eigenvalue weighted by atomic mass is 15.3. The van der Waals surface area contributed by atoms with Crippen LogP contribution in [0, 0.1) is 11.8 Å². The van der Waals surface area contributed by atoms with Gasteiger partial charge in [0, 0.05) is 37.3 Å². The van der Waals surface area contributed by atoms with Crippen molar-refractivity contribution in [2.75, 3.05) is 19.6 Å². The lowest BCUT2D eigenvalue weighted by atomic mass is 9.70. The fraction of sp³-hybridized carbons (Fsp3) is 1.00. The van der Waals surface area contributed by atoms with Gasteiger partial charge in [-0.2, -0.15) is 0 Å². The summed E-state index contributed by atoms with van der Waals surface area (Å²) in [6, 6.07) is 1.21. The van der Waals surface area contributed by atoms with Crippen LogP contribution in [0.2, 0.25) is 0 Å². The maximum absolute atomic E-state index is 5.75. The zero-order chi connectivity index (χ0) is 18.0. The summed E-state index contributed by atoms with van der Waals surface area (Å²) < 4.78 is 0. The van der Waals surface area contributed by atoms with Crippen molar-refractivity contribution in [2.24, 2.45) is 17.6 Å². The fourth-order valence-corrected chi connectivity index (χ4v) is 4.18. The van der Waals surface area contributed by atoms with Crippen molar-refractivity contribution in [3.05, 3.63) is 0 Å². The summed E-state index contributed by atoms with van der Waals surface area (Å²) in [7, 11) is 0. The minimum Gasteiger partial charge on any atom is -0.329 e. The van der Waals surface area contributed by atoms with Crippen LogP contribution >= 0.6 is 0 Å². The zero-order valence-electron chi connectivity index (χ0n) is 17.3. The van der Waals surface area contributed by atoms with Gasteiger partial charge in [-0.1, -0.05) is 54.4 Å². The van der Waals surface area contributed by atoms with Crippen LogP contribution in [-0.4, -0.2) is 42.2 Å². The molecular weight excluding hydrogens is 282 g/mol. The van der Waals surface area contributed by atoms with Crippen molar-refractivity contribution in [3.8, 4) is 0 Å². The number of nitrogens with two attached hydrogens (primary N) is 1. The Morgan fingerprint density at radius 2 is 1.26 bits per heavy atom. The largest absolute Gasteiger partial charge is 0.329 e. The van der Waals surface area contributed by atoms with E-state index in [1.807, 2.05) is 0 Å². The van der Waals surface area contributed by atoms with Gasteiger partial charge in [-0.25, -0.2) is 0 Å². The molecule has 0 aliphatic carbocycles. The van der Waals surface area contributed by atoms with Crippen LogP contribution < -0.4 is 11.1 Å². The second-order valence-electron chi connectivity index (χ2n) is 7.50. The predicted octanol–water partition coefficient (Wildman–Crippen LogP) is 4.26. The van der Waals surface area contributed by atoms with Crippen LogP contribution in [0.3, 0.4) is 0 Å². The maximum Gasteiger partial charge on any atom is 0.0390 e. The Bertz CT molecular complexity index is 273. The van der Waals surface area contributed by atoms with Gasteiger partial charge in [-0.05, 0) is 38.5 Å². The summed E-state index contributed by atoms with van der Waals surface area (Å²) in [5, 5.41) is 3.68. The maximum atomic E-state index is 5.75. The van der Waals surface area contributed by atoms with Crippen LogP contribution in [-0.2, 0) is 0 Å². The van der Waals surface area contributed by atoms with E-state index in [0.717, 1.165) is 13.1 Å². The van der Waals surface area contributed by atoms with E-state index in [2.05, 4.69) is 65.6 Å². The Morgan fingerprint density at radius 1 is 0.826 bits per heavy atom. The third kappa shape index (κ3) is 5.44. The van der Waals surface area contributed by atoms with E-state index in [9.17, 15) is 0 Å². The van der Waals surface area contributed by atoms with Gasteiger partial charge < -0.3 is 11.1 Å². The van der Waals surface area contributed by atoms with Gasteiger partial charge >= 0.3 is 0 Å². The molecule has 23 heavy (non-hydrogen) atoms. The molecule has 4 atom stereocenters. The lowest BCUT2D eigenvalue weighted by Crippen LogP contribution is -2.67.